The summed E-state index contributed by atoms with van der Waals surface area (Å²) in [5, 5.41) is 6.91. The number of rotatable bonds is 5. The van der Waals surface area contributed by atoms with Gasteiger partial charge >= 0.3 is 0 Å². The Labute approximate surface area is 123 Å². The number of alkyl halides is 1. The van der Waals surface area contributed by atoms with Crippen molar-refractivity contribution in [3.05, 3.63) is 42.5 Å². The van der Waals surface area contributed by atoms with E-state index < -0.39 is 5.41 Å². The van der Waals surface area contributed by atoms with Gasteiger partial charge in [0.05, 0.1) is 12.0 Å². The number of carbonyl (C=O) groups is 1. The molecule has 1 heterocycles. The molecule has 0 atom stereocenters. The minimum Gasteiger partial charge on any atom is -0.326 e. The summed E-state index contributed by atoms with van der Waals surface area (Å²) in [6, 6.07) is 7.64. The molecule has 106 valence electrons. The van der Waals surface area contributed by atoms with E-state index in [2.05, 4.69) is 15.4 Å². The van der Waals surface area contributed by atoms with Crippen molar-refractivity contribution >= 4 is 23.2 Å². The van der Waals surface area contributed by atoms with E-state index in [0.29, 0.717) is 6.54 Å². The standard InChI is InChI=1S/C14H17ClN4O/c1-14(2,8-15)13(20)18-12-5-3-11(4-6-12)7-19-10-16-9-17-19/h3-6,9-10H,7-8H2,1-2H3,(H,18,20). The number of nitrogens with zero attached hydrogens (tertiary/aromatic N) is 3. The summed E-state index contributed by atoms with van der Waals surface area (Å²) < 4.78 is 1.74. The Morgan fingerprint density at radius 3 is 2.60 bits per heavy atom. The van der Waals surface area contributed by atoms with Crippen molar-refractivity contribution < 1.29 is 4.79 Å². The first-order valence-corrected chi connectivity index (χ1v) is 6.83. The van der Waals surface area contributed by atoms with Gasteiger partial charge in [-0.25, -0.2) is 9.67 Å². The number of amides is 1. The molecule has 0 radical (unpaired) electrons. The fraction of sp³-hybridized carbons (Fsp3) is 0.357. The Balaban J connectivity index is 2.00. The van der Waals surface area contributed by atoms with Crippen LogP contribution in [0.15, 0.2) is 36.9 Å². The lowest BCUT2D eigenvalue weighted by Gasteiger charge is -2.20. The van der Waals surface area contributed by atoms with Gasteiger partial charge in [0.15, 0.2) is 0 Å². The van der Waals surface area contributed by atoms with Crippen LogP contribution in [-0.4, -0.2) is 26.6 Å². The van der Waals surface area contributed by atoms with Gasteiger partial charge in [-0.1, -0.05) is 12.1 Å². The van der Waals surface area contributed by atoms with Gasteiger partial charge in [0.2, 0.25) is 5.91 Å². The summed E-state index contributed by atoms with van der Waals surface area (Å²) >= 11 is 5.78. The number of halogens is 1. The number of nitrogens with one attached hydrogen (secondary N) is 1. The van der Waals surface area contributed by atoms with Gasteiger partial charge in [0.1, 0.15) is 12.7 Å². The summed E-state index contributed by atoms with van der Waals surface area (Å²) in [4.78, 5) is 15.9. The lowest BCUT2D eigenvalue weighted by molar-refractivity contribution is -0.122. The van der Waals surface area contributed by atoms with Gasteiger partial charge < -0.3 is 5.32 Å². The molecule has 0 aliphatic rings. The third-order valence-corrected chi connectivity index (χ3v) is 3.64. The van der Waals surface area contributed by atoms with Crippen LogP contribution in [-0.2, 0) is 11.3 Å². The highest BCUT2D eigenvalue weighted by Gasteiger charge is 2.26. The molecule has 0 bridgehead atoms. The van der Waals surface area contributed by atoms with E-state index in [0.717, 1.165) is 11.3 Å². The molecular formula is C14H17ClN4O. The first-order chi connectivity index (χ1) is 9.51. The lowest BCUT2D eigenvalue weighted by atomic mass is 9.95. The first kappa shape index (κ1) is 14.5. The van der Waals surface area contributed by atoms with Crippen LogP contribution >= 0.6 is 11.6 Å². The van der Waals surface area contributed by atoms with Crippen molar-refractivity contribution in [2.24, 2.45) is 5.41 Å². The fourth-order valence-electron chi connectivity index (χ4n) is 1.56. The van der Waals surface area contributed by atoms with Crippen molar-refractivity contribution in [1.82, 2.24) is 14.8 Å². The third-order valence-electron chi connectivity index (χ3n) is 2.97. The van der Waals surface area contributed by atoms with Gasteiger partial charge in [-0.15, -0.1) is 11.6 Å². The van der Waals surface area contributed by atoms with Crippen molar-refractivity contribution in [1.29, 1.82) is 0 Å². The van der Waals surface area contributed by atoms with Crippen LogP contribution in [0.1, 0.15) is 19.4 Å². The number of benzene rings is 1. The molecular weight excluding hydrogens is 276 g/mol. The van der Waals surface area contributed by atoms with Gasteiger partial charge in [-0.05, 0) is 31.5 Å². The van der Waals surface area contributed by atoms with Gasteiger partial charge in [0.25, 0.3) is 0 Å². The Morgan fingerprint density at radius 1 is 1.35 bits per heavy atom. The van der Waals surface area contributed by atoms with Gasteiger partial charge in [-0.2, -0.15) is 5.10 Å². The molecule has 0 unspecified atom stereocenters. The van der Waals surface area contributed by atoms with Crippen LogP contribution in [0, 0.1) is 5.41 Å². The van der Waals surface area contributed by atoms with E-state index in [1.54, 1.807) is 11.0 Å². The first-order valence-electron chi connectivity index (χ1n) is 6.30. The highest BCUT2D eigenvalue weighted by Crippen LogP contribution is 2.20. The highest BCUT2D eigenvalue weighted by molar-refractivity contribution is 6.20. The summed E-state index contributed by atoms with van der Waals surface area (Å²) in [5.41, 5.74) is 1.27. The van der Waals surface area contributed by atoms with Gasteiger partial charge in [0, 0.05) is 11.6 Å². The molecule has 0 spiro atoms. The molecule has 0 saturated heterocycles. The second kappa shape index (κ2) is 6.05. The van der Waals surface area contributed by atoms with Crippen LogP contribution in [0.4, 0.5) is 5.69 Å². The second-order valence-electron chi connectivity index (χ2n) is 5.26. The topological polar surface area (TPSA) is 59.8 Å². The zero-order valence-electron chi connectivity index (χ0n) is 11.5. The maximum atomic E-state index is 12.0. The number of hydrogen-bond acceptors (Lipinski definition) is 3. The molecule has 1 aromatic carbocycles. The maximum Gasteiger partial charge on any atom is 0.231 e. The van der Waals surface area contributed by atoms with E-state index in [9.17, 15) is 4.79 Å². The smallest absolute Gasteiger partial charge is 0.231 e. The lowest BCUT2D eigenvalue weighted by Crippen LogP contribution is -2.32. The number of carbonyl (C=O) groups excluding carboxylic acids is 1. The molecule has 1 amide bonds. The van der Waals surface area contributed by atoms with E-state index in [-0.39, 0.29) is 11.8 Å². The van der Waals surface area contributed by atoms with Crippen molar-refractivity contribution in [3.8, 4) is 0 Å². The number of anilines is 1. The molecule has 0 aliphatic heterocycles. The van der Waals surface area contributed by atoms with Crippen LogP contribution in [0.3, 0.4) is 0 Å². The van der Waals surface area contributed by atoms with Crippen molar-refractivity contribution in [2.45, 2.75) is 20.4 Å². The largest absolute Gasteiger partial charge is 0.326 e. The normalized spacial score (nSPS) is 11.3. The maximum absolute atomic E-state index is 12.0. The minimum absolute atomic E-state index is 0.0865. The molecule has 6 heteroatoms. The van der Waals surface area contributed by atoms with E-state index in [1.165, 1.54) is 6.33 Å². The zero-order valence-corrected chi connectivity index (χ0v) is 12.3. The summed E-state index contributed by atoms with van der Waals surface area (Å²) in [5.74, 6) is 0.194. The Bertz CT molecular complexity index is 563. The second-order valence-corrected chi connectivity index (χ2v) is 5.53. The molecule has 1 N–H and O–H groups in total. The molecule has 20 heavy (non-hydrogen) atoms. The van der Waals surface area contributed by atoms with Crippen molar-refractivity contribution in [3.63, 3.8) is 0 Å². The van der Waals surface area contributed by atoms with Crippen LogP contribution in [0.5, 0.6) is 0 Å². The quantitative estimate of drug-likeness (QED) is 0.862. The van der Waals surface area contributed by atoms with Crippen LogP contribution < -0.4 is 5.32 Å². The summed E-state index contributed by atoms with van der Waals surface area (Å²) in [6.45, 7) is 4.28. The Morgan fingerprint density at radius 2 is 2.05 bits per heavy atom. The molecule has 2 rings (SSSR count). The van der Waals surface area contributed by atoms with E-state index in [1.807, 2.05) is 38.1 Å². The minimum atomic E-state index is -0.582. The SMILES string of the molecule is CC(C)(CCl)C(=O)Nc1ccc(Cn2cncn2)cc1. The average Bonchev–Trinajstić information content (AvgIpc) is 2.94. The predicted octanol–water partition coefficient (Wildman–Crippen LogP) is 2.53. The molecule has 0 aliphatic carbocycles. The predicted molar refractivity (Wildman–Crippen MR) is 78.7 cm³/mol. The average molecular weight is 293 g/mol. The number of hydrogen-bond donors (Lipinski definition) is 1. The Hall–Kier alpha value is -1.88. The van der Waals surface area contributed by atoms with Crippen molar-refractivity contribution in [2.75, 3.05) is 11.2 Å². The summed E-state index contributed by atoms with van der Waals surface area (Å²) in [7, 11) is 0. The molecule has 2 aromatic rings. The van der Waals surface area contributed by atoms with Crippen LogP contribution in [0.25, 0.3) is 0 Å². The molecule has 0 fully saturated rings. The molecule has 1 aromatic heterocycles. The monoisotopic (exact) mass is 292 g/mol. The van der Waals surface area contributed by atoms with Gasteiger partial charge in [-0.3, -0.25) is 4.79 Å². The zero-order chi connectivity index (χ0) is 14.6. The highest BCUT2D eigenvalue weighted by atomic mass is 35.5. The van der Waals surface area contributed by atoms with E-state index >= 15 is 0 Å². The fourth-order valence-corrected chi connectivity index (χ4v) is 1.68. The van der Waals surface area contributed by atoms with Crippen LogP contribution in [0.2, 0.25) is 0 Å². The van der Waals surface area contributed by atoms with E-state index in [4.69, 9.17) is 11.6 Å². The number of aromatic nitrogens is 3. The molecule has 5 nitrogen and oxygen atoms in total. The Kier molecular flexibility index (Phi) is 4.39. The third kappa shape index (κ3) is 3.57. The summed E-state index contributed by atoms with van der Waals surface area (Å²) in [6.07, 6.45) is 3.17. The molecule has 0 saturated carbocycles.